The highest BCUT2D eigenvalue weighted by molar-refractivity contribution is 5.05. The molecule has 0 unspecified atom stereocenters. The van der Waals surface area contributed by atoms with Gasteiger partial charge in [-0.3, -0.25) is 0 Å². The smallest absolute Gasteiger partial charge is 0.0818 e. The number of rotatable bonds is 2. The van der Waals surface area contributed by atoms with Gasteiger partial charge in [-0.2, -0.15) is 0 Å². The molecule has 11 heavy (non-hydrogen) atoms. The summed E-state index contributed by atoms with van der Waals surface area (Å²) < 4.78 is 0. The lowest BCUT2D eigenvalue weighted by Gasteiger charge is -2.40. The molecule has 0 radical (unpaired) electrons. The van der Waals surface area contributed by atoms with Gasteiger partial charge in [-0.1, -0.05) is 19.8 Å². The molecule has 0 bridgehead atoms. The molecule has 0 spiro atoms. The Kier molecular flexibility index (Phi) is 2.23. The molecule has 0 saturated heterocycles. The minimum absolute atomic E-state index is 0.304. The molecule has 1 rings (SSSR count). The third-order valence-corrected chi connectivity index (χ3v) is 3.01. The van der Waals surface area contributed by atoms with Gasteiger partial charge in [0.15, 0.2) is 0 Å². The van der Waals surface area contributed by atoms with Crippen LogP contribution in [0.3, 0.4) is 0 Å². The fourth-order valence-corrected chi connectivity index (χ4v) is 1.82. The third kappa shape index (κ3) is 1.41. The SMILES string of the molecule is CCC(N)(N)C1(N)CCCC1. The minimum atomic E-state index is -0.663. The second-order valence-corrected chi connectivity index (χ2v) is 3.76. The lowest BCUT2D eigenvalue weighted by Crippen LogP contribution is -2.69. The van der Waals surface area contributed by atoms with Crippen molar-refractivity contribution in [3.05, 3.63) is 0 Å². The van der Waals surface area contributed by atoms with Gasteiger partial charge in [-0.05, 0) is 19.3 Å². The average Bonchev–Trinajstić information content (AvgIpc) is 2.38. The third-order valence-electron chi connectivity index (χ3n) is 3.01. The topological polar surface area (TPSA) is 78.1 Å². The lowest BCUT2D eigenvalue weighted by molar-refractivity contribution is 0.221. The van der Waals surface area contributed by atoms with Gasteiger partial charge in [0.25, 0.3) is 0 Å². The van der Waals surface area contributed by atoms with Crippen LogP contribution < -0.4 is 17.2 Å². The van der Waals surface area contributed by atoms with Gasteiger partial charge in [0.05, 0.1) is 5.66 Å². The first kappa shape index (κ1) is 8.97. The maximum absolute atomic E-state index is 6.10. The summed E-state index contributed by atoms with van der Waals surface area (Å²) in [5, 5.41) is 0. The number of hydrogen-bond acceptors (Lipinski definition) is 3. The van der Waals surface area contributed by atoms with E-state index in [2.05, 4.69) is 0 Å². The number of hydrogen-bond donors (Lipinski definition) is 3. The molecule has 0 aromatic heterocycles. The predicted molar refractivity (Wildman–Crippen MR) is 46.8 cm³/mol. The summed E-state index contributed by atoms with van der Waals surface area (Å²) in [5.41, 5.74) is 16.9. The highest BCUT2D eigenvalue weighted by atomic mass is 15.1. The maximum atomic E-state index is 6.10. The Morgan fingerprint density at radius 2 is 1.73 bits per heavy atom. The van der Waals surface area contributed by atoms with Gasteiger partial charge in [-0.25, -0.2) is 0 Å². The van der Waals surface area contributed by atoms with E-state index in [-0.39, 0.29) is 5.54 Å². The van der Waals surface area contributed by atoms with E-state index in [1.54, 1.807) is 0 Å². The average molecular weight is 157 g/mol. The van der Waals surface area contributed by atoms with Crippen LogP contribution in [-0.4, -0.2) is 11.2 Å². The van der Waals surface area contributed by atoms with Gasteiger partial charge >= 0.3 is 0 Å². The largest absolute Gasteiger partial charge is 0.322 e. The molecule has 6 N–H and O–H groups in total. The van der Waals surface area contributed by atoms with Crippen molar-refractivity contribution in [3.63, 3.8) is 0 Å². The van der Waals surface area contributed by atoms with Crippen molar-refractivity contribution >= 4 is 0 Å². The molecule has 0 aliphatic heterocycles. The van der Waals surface area contributed by atoms with Crippen LogP contribution in [0.4, 0.5) is 0 Å². The van der Waals surface area contributed by atoms with E-state index in [0.717, 1.165) is 19.3 Å². The van der Waals surface area contributed by atoms with Crippen molar-refractivity contribution in [2.75, 3.05) is 0 Å². The molecule has 0 amide bonds. The first-order valence-corrected chi connectivity index (χ1v) is 4.38. The molecule has 0 heterocycles. The van der Waals surface area contributed by atoms with Crippen molar-refractivity contribution < 1.29 is 0 Å². The van der Waals surface area contributed by atoms with E-state index < -0.39 is 5.66 Å². The molecule has 1 aliphatic carbocycles. The highest BCUT2D eigenvalue weighted by Crippen LogP contribution is 2.33. The van der Waals surface area contributed by atoms with Crippen LogP contribution >= 0.6 is 0 Å². The fourth-order valence-electron chi connectivity index (χ4n) is 1.82. The van der Waals surface area contributed by atoms with Gasteiger partial charge < -0.3 is 17.2 Å². The predicted octanol–water partition coefficient (Wildman–Crippen LogP) is 0.282. The van der Waals surface area contributed by atoms with Crippen molar-refractivity contribution in [3.8, 4) is 0 Å². The standard InChI is InChI=1S/C8H19N3/c1-2-8(10,11)7(9)5-3-4-6-7/h2-6,9-11H2,1H3. The first-order valence-electron chi connectivity index (χ1n) is 4.38. The van der Waals surface area contributed by atoms with Crippen LogP contribution in [0.5, 0.6) is 0 Å². The molecule has 0 atom stereocenters. The van der Waals surface area contributed by atoms with Crippen LogP contribution in [0.25, 0.3) is 0 Å². The minimum Gasteiger partial charge on any atom is -0.322 e. The zero-order valence-corrected chi connectivity index (χ0v) is 7.27. The zero-order valence-electron chi connectivity index (χ0n) is 7.27. The van der Waals surface area contributed by atoms with Gasteiger partial charge in [-0.15, -0.1) is 0 Å². The maximum Gasteiger partial charge on any atom is 0.0818 e. The molecule has 0 aromatic rings. The Morgan fingerprint density at radius 1 is 1.27 bits per heavy atom. The van der Waals surface area contributed by atoms with Crippen LogP contribution in [0.1, 0.15) is 39.0 Å². The monoisotopic (exact) mass is 157 g/mol. The Labute approximate surface area is 68.3 Å². The van der Waals surface area contributed by atoms with Gasteiger partial charge in [0.2, 0.25) is 0 Å². The Morgan fingerprint density at radius 3 is 2.09 bits per heavy atom. The fraction of sp³-hybridized carbons (Fsp3) is 1.00. The zero-order chi connectivity index (χ0) is 8.54. The normalized spacial score (nSPS) is 24.0. The summed E-state index contributed by atoms with van der Waals surface area (Å²) in [6.07, 6.45) is 5.06. The molecule has 3 heteroatoms. The van der Waals surface area contributed by atoms with E-state index in [1.165, 1.54) is 12.8 Å². The van der Waals surface area contributed by atoms with E-state index >= 15 is 0 Å². The summed E-state index contributed by atoms with van der Waals surface area (Å²) in [4.78, 5) is 0. The van der Waals surface area contributed by atoms with E-state index in [9.17, 15) is 0 Å². The first-order chi connectivity index (χ1) is 5.02. The van der Waals surface area contributed by atoms with Crippen molar-refractivity contribution in [1.29, 1.82) is 0 Å². The van der Waals surface area contributed by atoms with Gasteiger partial charge in [0, 0.05) is 5.54 Å². The second kappa shape index (κ2) is 2.73. The Bertz CT molecular complexity index is 136. The summed E-state index contributed by atoms with van der Waals surface area (Å²) in [6.45, 7) is 1.99. The van der Waals surface area contributed by atoms with Gasteiger partial charge in [0.1, 0.15) is 0 Å². The molecular weight excluding hydrogens is 138 g/mol. The second-order valence-electron chi connectivity index (χ2n) is 3.76. The Balaban J connectivity index is 2.69. The number of nitrogens with two attached hydrogens (primary N) is 3. The summed E-state index contributed by atoms with van der Waals surface area (Å²) in [6, 6.07) is 0. The molecule has 1 fully saturated rings. The van der Waals surface area contributed by atoms with Crippen LogP contribution in [0, 0.1) is 0 Å². The van der Waals surface area contributed by atoms with E-state index in [0.29, 0.717) is 0 Å². The molecular formula is C8H19N3. The van der Waals surface area contributed by atoms with Crippen LogP contribution in [0.15, 0.2) is 0 Å². The van der Waals surface area contributed by atoms with E-state index in [1.807, 2.05) is 6.92 Å². The van der Waals surface area contributed by atoms with Crippen molar-refractivity contribution in [2.24, 2.45) is 17.2 Å². The summed E-state index contributed by atoms with van der Waals surface area (Å²) in [5.74, 6) is 0. The molecule has 0 aromatic carbocycles. The lowest BCUT2D eigenvalue weighted by atomic mass is 9.82. The van der Waals surface area contributed by atoms with Crippen LogP contribution in [0.2, 0.25) is 0 Å². The molecule has 3 nitrogen and oxygen atoms in total. The van der Waals surface area contributed by atoms with Crippen LogP contribution in [-0.2, 0) is 0 Å². The molecule has 1 saturated carbocycles. The van der Waals surface area contributed by atoms with Crippen molar-refractivity contribution in [1.82, 2.24) is 0 Å². The molecule has 66 valence electrons. The summed E-state index contributed by atoms with van der Waals surface area (Å²) in [7, 11) is 0. The van der Waals surface area contributed by atoms with Crippen molar-refractivity contribution in [2.45, 2.75) is 50.2 Å². The summed E-state index contributed by atoms with van der Waals surface area (Å²) >= 11 is 0. The highest BCUT2D eigenvalue weighted by Gasteiger charge is 2.43. The molecule has 1 aliphatic rings. The quantitative estimate of drug-likeness (QED) is 0.504. The Hall–Kier alpha value is -0.120. The van der Waals surface area contributed by atoms with E-state index in [4.69, 9.17) is 17.2 Å².